The number of pyridine rings is 1. The Kier molecular flexibility index (Phi) is 5.48. The zero-order valence-corrected chi connectivity index (χ0v) is 16.9. The van der Waals surface area contributed by atoms with Crippen LogP contribution in [0.5, 0.6) is 0 Å². The van der Waals surface area contributed by atoms with Gasteiger partial charge in [-0.05, 0) is 61.4 Å². The van der Waals surface area contributed by atoms with Gasteiger partial charge in [0.05, 0.1) is 18.0 Å². The third-order valence-electron chi connectivity index (χ3n) is 4.55. The second-order valence-corrected chi connectivity index (χ2v) is 7.67. The minimum Gasteiger partial charge on any atom is -0.467 e. The van der Waals surface area contributed by atoms with E-state index in [4.69, 9.17) is 4.42 Å². The van der Waals surface area contributed by atoms with Gasteiger partial charge in [0.15, 0.2) is 0 Å². The van der Waals surface area contributed by atoms with Crippen molar-refractivity contribution >= 4 is 23.5 Å². The summed E-state index contributed by atoms with van der Waals surface area (Å²) >= 11 is 1.48. The minimum absolute atomic E-state index is 0.231. The molecule has 7 heteroatoms. The topological polar surface area (TPSA) is 73.0 Å². The van der Waals surface area contributed by atoms with E-state index in [1.54, 1.807) is 41.5 Å². The predicted molar refractivity (Wildman–Crippen MR) is 112 cm³/mol. The molecule has 4 rings (SSSR count). The molecule has 1 N–H and O–H groups in total. The van der Waals surface area contributed by atoms with Crippen molar-refractivity contribution < 1.29 is 9.21 Å². The third-order valence-corrected chi connectivity index (χ3v) is 5.56. The highest BCUT2D eigenvalue weighted by Crippen LogP contribution is 2.30. The number of carbonyl (C=O) groups is 1. The van der Waals surface area contributed by atoms with Crippen LogP contribution in [0.3, 0.4) is 0 Å². The van der Waals surface area contributed by atoms with Crippen LogP contribution < -0.4 is 5.32 Å². The third kappa shape index (κ3) is 4.41. The molecule has 0 aliphatic heterocycles. The number of nitrogens with one attached hydrogen (secondary N) is 1. The second-order valence-electron chi connectivity index (χ2n) is 6.61. The molecule has 1 amide bonds. The van der Waals surface area contributed by atoms with Crippen LogP contribution in [0.4, 0.5) is 5.82 Å². The van der Waals surface area contributed by atoms with Gasteiger partial charge in [0.1, 0.15) is 23.1 Å². The Morgan fingerprint density at radius 2 is 2.00 bits per heavy atom. The van der Waals surface area contributed by atoms with Gasteiger partial charge < -0.3 is 9.73 Å². The van der Waals surface area contributed by atoms with Gasteiger partial charge in [-0.3, -0.25) is 4.79 Å². The Balaban J connectivity index is 1.54. The lowest BCUT2D eigenvalue weighted by molar-refractivity contribution is 0.102. The number of rotatable bonds is 6. The smallest absolute Gasteiger partial charge is 0.259 e. The molecule has 3 aromatic heterocycles. The average molecular weight is 404 g/mol. The number of furan rings is 1. The van der Waals surface area contributed by atoms with Gasteiger partial charge >= 0.3 is 0 Å². The van der Waals surface area contributed by atoms with Crippen molar-refractivity contribution in [3.05, 3.63) is 89.6 Å². The van der Waals surface area contributed by atoms with Crippen molar-refractivity contribution in [3.63, 3.8) is 0 Å². The molecule has 0 saturated carbocycles. The molecule has 0 aliphatic rings. The first-order valence-corrected chi connectivity index (χ1v) is 9.97. The molecule has 0 spiro atoms. The molecule has 146 valence electrons. The van der Waals surface area contributed by atoms with Crippen molar-refractivity contribution in [1.82, 2.24) is 14.8 Å². The van der Waals surface area contributed by atoms with Crippen LogP contribution in [0, 0.1) is 13.8 Å². The number of amides is 1. The SMILES string of the molecule is Cc1ccc(Sc2ncccc2C(=O)Nc2ccnn2Cc2ccco2)cc1C. The van der Waals surface area contributed by atoms with Gasteiger partial charge in [0, 0.05) is 17.2 Å². The van der Waals surface area contributed by atoms with E-state index < -0.39 is 0 Å². The van der Waals surface area contributed by atoms with Crippen LogP contribution in [-0.4, -0.2) is 20.7 Å². The molecule has 0 radical (unpaired) electrons. The number of hydrogen-bond donors (Lipinski definition) is 1. The first-order valence-electron chi connectivity index (χ1n) is 9.16. The van der Waals surface area contributed by atoms with E-state index in [1.165, 1.54) is 22.9 Å². The molecule has 0 fully saturated rings. The molecule has 6 nitrogen and oxygen atoms in total. The zero-order chi connectivity index (χ0) is 20.2. The van der Waals surface area contributed by atoms with Crippen LogP contribution in [0.25, 0.3) is 0 Å². The Morgan fingerprint density at radius 1 is 1.10 bits per heavy atom. The van der Waals surface area contributed by atoms with Crippen LogP contribution in [-0.2, 0) is 6.54 Å². The van der Waals surface area contributed by atoms with Gasteiger partial charge in [-0.2, -0.15) is 5.10 Å². The van der Waals surface area contributed by atoms with E-state index in [-0.39, 0.29) is 5.91 Å². The Hall–Kier alpha value is -3.32. The summed E-state index contributed by atoms with van der Waals surface area (Å²) in [6.07, 6.45) is 4.96. The quantitative estimate of drug-likeness (QED) is 0.493. The monoisotopic (exact) mass is 404 g/mol. The number of anilines is 1. The summed E-state index contributed by atoms with van der Waals surface area (Å²) in [5.41, 5.74) is 2.96. The molecular formula is C22H20N4O2S. The van der Waals surface area contributed by atoms with Crippen molar-refractivity contribution in [2.75, 3.05) is 5.32 Å². The average Bonchev–Trinajstić information content (AvgIpc) is 3.38. The summed E-state index contributed by atoms with van der Waals surface area (Å²) in [7, 11) is 0. The number of aromatic nitrogens is 3. The Labute approximate surface area is 173 Å². The Bertz CT molecular complexity index is 1140. The normalized spacial score (nSPS) is 10.8. The minimum atomic E-state index is -0.231. The summed E-state index contributed by atoms with van der Waals surface area (Å²) in [5, 5.41) is 7.86. The zero-order valence-electron chi connectivity index (χ0n) is 16.1. The molecule has 4 aromatic rings. The fourth-order valence-electron chi connectivity index (χ4n) is 2.83. The lowest BCUT2D eigenvalue weighted by Crippen LogP contribution is -2.17. The number of aryl methyl sites for hydroxylation is 2. The number of nitrogens with zero attached hydrogens (tertiary/aromatic N) is 3. The fourth-order valence-corrected chi connectivity index (χ4v) is 3.81. The maximum absolute atomic E-state index is 13.0. The summed E-state index contributed by atoms with van der Waals surface area (Å²) in [4.78, 5) is 18.4. The van der Waals surface area contributed by atoms with Crippen molar-refractivity contribution in [2.24, 2.45) is 0 Å². The maximum atomic E-state index is 13.0. The molecule has 0 unspecified atom stereocenters. The molecule has 0 atom stereocenters. The highest BCUT2D eigenvalue weighted by Gasteiger charge is 2.16. The lowest BCUT2D eigenvalue weighted by atomic mass is 10.1. The summed E-state index contributed by atoms with van der Waals surface area (Å²) in [6, 6.07) is 15.2. The number of carbonyl (C=O) groups excluding carboxylic acids is 1. The van der Waals surface area contributed by atoms with Crippen LogP contribution in [0.2, 0.25) is 0 Å². The van der Waals surface area contributed by atoms with Gasteiger partial charge in [-0.15, -0.1) is 0 Å². The molecule has 0 saturated heterocycles. The van der Waals surface area contributed by atoms with Crippen LogP contribution >= 0.6 is 11.8 Å². The van der Waals surface area contributed by atoms with Crippen molar-refractivity contribution in [2.45, 2.75) is 30.3 Å². The van der Waals surface area contributed by atoms with E-state index in [1.807, 2.05) is 18.2 Å². The lowest BCUT2D eigenvalue weighted by Gasteiger charge is -2.11. The first-order chi connectivity index (χ1) is 14.1. The van der Waals surface area contributed by atoms with Crippen LogP contribution in [0.15, 0.2) is 81.5 Å². The largest absolute Gasteiger partial charge is 0.467 e. The maximum Gasteiger partial charge on any atom is 0.259 e. The van der Waals surface area contributed by atoms with E-state index >= 15 is 0 Å². The van der Waals surface area contributed by atoms with Gasteiger partial charge in [0.25, 0.3) is 5.91 Å². The summed E-state index contributed by atoms with van der Waals surface area (Å²) < 4.78 is 7.05. The van der Waals surface area contributed by atoms with Crippen molar-refractivity contribution in [3.8, 4) is 0 Å². The number of benzene rings is 1. The van der Waals surface area contributed by atoms with E-state index in [0.29, 0.717) is 23.0 Å². The van der Waals surface area contributed by atoms with Gasteiger partial charge in [-0.25, -0.2) is 9.67 Å². The summed E-state index contributed by atoms with van der Waals surface area (Å²) in [5.74, 6) is 1.12. The second kappa shape index (κ2) is 8.36. The molecule has 0 bridgehead atoms. The summed E-state index contributed by atoms with van der Waals surface area (Å²) in [6.45, 7) is 4.59. The highest BCUT2D eigenvalue weighted by molar-refractivity contribution is 7.99. The Morgan fingerprint density at radius 3 is 2.79 bits per heavy atom. The van der Waals surface area contributed by atoms with E-state index in [9.17, 15) is 4.79 Å². The van der Waals surface area contributed by atoms with Gasteiger partial charge in [-0.1, -0.05) is 17.8 Å². The van der Waals surface area contributed by atoms with Crippen molar-refractivity contribution in [1.29, 1.82) is 0 Å². The molecular weight excluding hydrogens is 384 g/mol. The van der Waals surface area contributed by atoms with E-state index in [2.05, 4.69) is 41.4 Å². The fraction of sp³-hybridized carbons (Fsp3) is 0.136. The molecule has 29 heavy (non-hydrogen) atoms. The van der Waals surface area contributed by atoms with Gasteiger partial charge in [0.2, 0.25) is 0 Å². The molecule has 1 aromatic carbocycles. The predicted octanol–water partition coefficient (Wildman–Crippen LogP) is 4.94. The standard InChI is InChI=1S/C22H20N4O2S/c1-15-7-8-18(13-16(15)2)29-22-19(6-3-10-23-22)21(27)25-20-9-11-24-26(20)14-17-5-4-12-28-17/h3-13H,14H2,1-2H3,(H,25,27). The molecule has 3 heterocycles. The first kappa shape index (κ1) is 19.0. The van der Waals surface area contributed by atoms with E-state index in [0.717, 1.165) is 10.7 Å². The number of hydrogen-bond acceptors (Lipinski definition) is 5. The van der Waals surface area contributed by atoms with Crippen LogP contribution in [0.1, 0.15) is 27.2 Å². The molecule has 0 aliphatic carbocycles. The highest BCUT2D eigenvalue weighted by atomic mass is 32.2.